The number of anilines is 1. The number of carbonyl (C=O) groups is 3. The van der Waals surface area contributed by atoms with Gasteiger partial charge in [-0.25, -0.2) is 4.79 Å². The highest BCUT2D eigenvalue weighted by Crippen LogP contribution is 2.28. The van der Waals surface area contributed by atoms with Crippen LogP contribution < -0.4 is 4.90 Å². The molecule has 4 rings (SSSR count). The number of carbonyl (C=O) groups excluding carboxylic acids is 2. The summed E-state index contributed by atoms with van der Waals surface area (Å²) in [5.74, 6) is -2.27. The van der Waals surface area contributed by atoms with Gasteiger partial charge in [-0.3, -0.25) is 9.59 Å². The summed E-state index contributed by atoms with van der Waals surface area (Å²) in [6.45, 7) is 1.50. The Balaban J connectivity index is 1.51. The molecule has 1 saturated heterocycles. The minimum absolute atomic E-state index is 0.0913. The van der Waals surface area contributed by atoms with E-state index in [0.717, 1.165) is 12.8 Å². The average Bonchev–Trinajstić information content (AvgIpc) is 3.17. The number of hydrogen-bond donors (Lipinski definition) is 2. The Labute approximate surface area is 167 Å². The minimum atomic E-state index is -1.94. The lowest BCUT2D eigenvalue weighted by Crippen LogP contribution is -2.54. The summed E-state index contributed by atoms with van der Waals surface area (Å²) >= 11 is 0. The lowest BCUT2D eigenvalue weighted by molar-refractivity contribution is -0.163. The molecule has 8 nitrogen and oxygen atoms in total. The number of nitrogens with zero attached hydrogens (tertiary/aromatic N) is 2. The summed E-state index contributed by atoms with van der Waals surface area (Å²) in [4.78, 5) is 39.8. The third kappa shape index (κ3) is 3.68. The van der Waals surface area contributed by atoms with E-state index in [4.69, 9.17) is 9.84 Å². The highest BCUT2D eigenvalue weighted by atomic mass is 16.5. The number of carboxylic acids is 1. The largest absolute Gasteiger partial charge is 0.479 e. The highest BCUT2D eigenvalue weighted by molar-refractivity contribution is 6.02. The maximum atomic E-state index is 13.0. The quantitative estimate of drug-likeness (QED) is 0.783. The second kappa shape index (κ2) is 7.81. The van der Waals surface area contributed by atoms with Gasteiger partial charge in [-0.05, 0) is 42.2 Å². The predicted octanol–water partition coefficient (Wildman–Crippen LogP) is 0.966. The molecule has 0 bridgehead atoms. The molecule has 0 radical (unpaired) electrons. The Morgan fingerprint density at radius 2 is 2.07 bits per heavy atom. The van der Waals surface area contributed by atoms with E-state index < -0.39 is 24.1 Å². The minimum Gasteiger partial charge on any atom is -0.479 e. The first kappa shape index (κ1) is 19.4. The van der Waals surface area contributed by atoms with E-state index in [-0.39, 0.29) is 19.1 Å². The number of benzene rings is 1. The Morgan fingerprint density at radius 3 is 2.83 bits per heavy atom. The third-order valence-corrected chi connectivity index (χ3v) is 5.48. The first-order chi connectivity index (χ1) is 14.0. The standard InChI is InChI=1S/C21H22N2O6/c24-17(21(27)28)18-20(26)23(8-9-29-18)16-7-3-6-13(10-16)19(25)22-11-14-4-1-2-5-15(14)12-22/h1,3-4,6-7,10,17-18,24H,2,5,8-9,11-12H2,(H,27,28). The number of rotatable bonds is 4. The summed E-state index contributed by atoms with van der Waals surface area (Å²) in [5.41, 5.74) is 3.44. The van der Waals surface area contributed by atoms with Crippen molar-refractivity contribution in [1.29, 1.82) is 0 Å². The Hall–Kier alpha value is -2.97. The van der Waals surface area contributed by atoms with E-state index in [1.165, 1.54) is 16.0 Å². The molecule has 29 heavy (non-hydrogen) atoms. The number of hydrogen-bond acceptors (Lipinski definition) is 5. The summed E-state index contributed by atoms with van der Waals surface area (Å²) < 4.78 is 5.17. The van der Waals surface area contributed by atoms with Gasteiger partial charge in [0.15, 0.2) is 12.2 Å². The van der Waals surface area contributed by atoms with Crippen LogP contribution in [-0.4, -0.2) is 71.3 Å². The summed E-state index contributed by atoms with van der Waals surface area (Å²) in [6.07, 6.45) is 2.78. The van der Waals surface area contributed by atoms with Gasteiger partial charge >= 0.3 is 5.97 Å². The SMILES string of the molecule is O=C(O)C(O)C1OCCN(c2cccc(C(=O)N3CC4=C(CCC=C4)C3)c2)C1=O. The van der Waals surface area contributed by atoms with Crippen LogP contribution in [0.2, 0.25) is 0 Å². The lowest BCUT2D eigenvalue weighted by atomic mass is 10.0. The maximum absolute atomic E-state index is 13.0. The molecule has 1 aromatic rings. The average molecular weight is 398 g/mol. The van der Waals surface area contributed by atoms with Crippen LogP contribution in [0.15, 0.2) is 47.6 Å². The molecule has 0 saturated carbocycles. The van der Waals surface area contributed by atoms with E-state index in [1.807, 2.05) is 0 Å². The first-order valence-electron chi connectivity index (χ1n) is 9.56. The fourth-order valence-electron chi connectivity index (χ4n) is 3.95. The second-order valence-corrected chi connectivity index (χ2v) is 7.35. The molecule has 152 valence electrons. The molecule has 2 unspecified atom stereocenters. The van der Waals surface area contributed by atoms with Gasteiger partial charge in [0, 0.05) is 30.9 Å². The van der Waals surface area contributed by atoms with Gasteiger partial charge in [0.2, 0.25) is 0 Å². The van der Waals surface area contributed by atoms with Crippen molar-refractivity contribution in [2.45, 2.75) is 25.0 Å². The predicted molar refractivity (Wildman–Crippen MR) is 103 cm³/mol. The fourth-order valence-corrected chi connectivity index (χ4v) is 3.95. The van der Waals surface area contributed by atoms with Gasteiger partial charge in [-0.2, -0.15) is 0 Å². The second-order valence-electron chi connectivity index (χ2n) is 7.35. The van der Waals surface area contributed by atoms with Gasteiger partial charge in [0.1, 0.15) is 0 Å². The van der Waals surface area contributed by atoms with E-state index in [9.17, 15) is 19.5 Å². The van der Waals surface area contributed by atoms with Crippen LogP contribution >= 0.6 is 0 Å². The molecule has 3 aliphatic rings. The zero-order valence-corrected chi connectivity index (χ0v) is 15.8. The van der Waals surface area contributed by atoms with Crippen molar-refractivity contribution in [2.24, 2.45) is 0 Å². The van der Waals surface area contributed by atoms with Crippen LogP contribution in [0.4, 0.5) is 5.69 Å². The molecule has 2 aliphatic heterocycles. The van der Waals surface area contributed by atoms with Crippen molar-refractivity contribution in [1.82, 2.24) is 4.90 Å². The van der Waals surface area contributed by atoms with Gasteiger partial charge in [0.05, 0.1) is 6.61 Å². The zero-order valence-electron chi connectivity index (χ0n) is 15.8. The Morgan fingerprint density at radius 1 is 1.24 bits per heavy atom. The molecule has 8 heteroatoms. The molecule has 2 amide bonds. The Bertz CT molecular complexity index is 922. The summed E-state index contributed by atoms with van der Waals surface area (Å²) in [5, 5.41) is 18.7. The van der Waals surface area contributed by atoms with Gasteiger partial charge in [0.25, 0.3) is 11.8 Å². The van der Waals surface area contributed by atoms with Crippen LogP contribution in [0.1, 0.15) is 23.2 Å². The number of ether oxygens (including phenoxy) is 1. The monoisotopic (exact) mass is 398 g/mol. The number of amides is 2. The van der Waals surface area contributed by atoms with E-state index >= 15 is 0 Å². The maximum Gasteiger partial charge on any atom is 0.335 e. The van der Waals surface area contributed by atoms with Crippen molar-refractivity contribution in [3.05, 3.63) is 53.1 Å². The summed E-state index contributed by atoms with van der Waals surface area (Å²) in [7, 11) is 0. The number of allylic oxidation sites excluding steroid dienone is 1. The van der Waals surface area contributed by atoms with E-state index in [1.54, 1.807) is 29.2 Å². The van der Waals surface area contributed by atoms with Crippen LogP contribution in [0.3, 0.4) is 0 Å². The first-order valence-corrected chi connectivity index (χ1v) is 9.56. The molecule has 2 heterocycles. The van der Waals surface area contributed by atoms with Crippen molar-refractivity contribution in [2.75, 3.05) is 31.1 Å². The molecule has 1 aliphatic carbocycles. The highest BCUT2D eigenvalue weighted by Gasteiger charge is 2.39. The lowest BCUT2D eigenvalue weighted by Gasteiger charge is -2.33. The normalized spacial score (nSPS) is 22.7. The van der Waals surface area contributed by atoms with Crippen LogP contribution in [0.5, 0.6) is 0 Å². The van der Waals surface area contributed by atoms with Gasteiger partial charge in [-0.1, -0.05) is 18.2 Å². The number of aliphatic carboxylic acids is 1. The van der Waals surface area contributed by atoms with E-state index in [0.29, 0.717) is 24.3 Å². The number of aliphatic hydroxyl groups excluding tert-OH is 1. The number of morpholine rings is 1. The van der Waals surface area contributed by atoms with Crippen molar-refractivity contribution in [3.63, 3.8) is 0 Å². The summed E-state index contributed by atoms with van der Waals surface area (Å²) in [6, 6.07) is 6.70. The fraction of sp³-hybridized carbons (Fsp3) is 0.381. The molecule has 0 aromatic heterocycles. The van der Waals surface area contributed by atoms with Crippen LogP contribution in [0, 0.1) is 0 Å². The molecule has 2 N–H and O–H groups in total. The van der Waals surface area contributed by atoms with Gasteiger partial charge < -0.3 is 24.7 Å². The van der Waals surface area contributed by atoms with E-state index in [2.05, 4.69) is 12.2 Å². The third-order valence-electron chi connectivity index (χ3n) is 5.48. The van der Waals surface area contributed by atoms with Crippen LogP contribution in [-0.2, 0) is 14.3 Å². The topological polar surface area (TPSA) is 107 Å². The van der Waals surface area contributed by atoms with Crippen molar-refractivity contribution in [3.8, 4) is 0 Å². The van der Waals surface area contributed by atoms with Crippen molar-refractivity contribution >= 4 is 23.5 Å². The smallest absolute Gasteiger partial charge is 0.335 e. The Kier molecular flexibility index (Phi) is 5.21. The zero-order chi connectivity index (χ0) is 20.5. The molecule has 0 spiro atoms. The molecular weight excluding hydrogens is 376 g/mol. The van der Waals surface area contributed by atoms with Crippen LogP contribution in [0.25, 0.3) is 0 Å². The number of aliphatic hydroxyl groups is 1. The van der Waals surface area contributed by atoms with Crippen molar-refractivity contribution < 1.29 is 29.3 Å². The molecular formula is C21H22N2O6. The molecule has 1 aromatic carbocycles. The van der Waals surface area contributed by atoms with Gasteiger partial charge in [-0.15, -0.1) is 0 Å². The molecule has 2 atom stereocenters. The molecule has 1 fully saturated rings. The number of carboxylic acid groups (broad SMARTS) is 1.